The Balaban J connectivity index is 1.88. The van der Waals surface area contributed by atoms with E-state index in [4.69, 9.17) is 9.84 Å². The van der Waals surface area contributed by atoms with Crippen molar-refractivity contribution >= 4 is 17.2 Å². The van der Waals surface area contributed by atoms with Crippen LogP contribution in [0.2, 0.25) is 0 Å². The van der Waals surface area contributed by atoms with Crippen LogP contribution in [0, 0.1) is 0 Å². The van der Waals surface area contributed by atoms with Gasteiger partial charge in [0.15, 0.2) is 0 Å². The van der Waals surface area contributed by atoms with Gasteiger partial charge in [0, 0.05) is 23.4 Å². The number of aliphatic hydroxyl groups is 1. The third-order valence-corrected chi connectivity index (χ3v) is 4.40. The summed E-state index contributed by atoms with van der Waals surface area (Å²) in [6.45, 7) is 4.77. The molecule has 0 unspecified atom stereocenters. The number of aromatic nitrogens is 1. The van der Waals surface area contributed by atoms with Gasteiger partial charge in [-0.05, 0) is 6.07 Å². The Morgan fingerprint density at radius 2 is 2.17 bits per heavy atom. The highest BCUT2D eigenvalue weighted by molar-refractivity contribution is 7.09. The van der Waals surface area contributed by atoms with Crippen LogP contribution in [0.3, 0.4) is 0 Å². The van der Waals surface area contributed by atoms with E-state index in [1.165, 1.54) is 0 Å². The molecule has 124 valence electrons. The Morgan fingerprint density at radius 3 is 2.87 bits per heavy atom. The molecule has 23 heavy (non-hydrogen) atoms. The first-order chi connectivity index (χ1) is 11.1. The second-order valence-corrected chi connectivity index (χ2v) is 6.35. The second-order valence-electron chi connectivity index (χ2n) is 5.47. The fraction of sp³-hybridized carbons (Fsp3) is 0.412. The van der Waals surface area contributed by atoms with Crippen LogP contribution in [-0.2, 0) is 17.8 Å². The zero-order valence-corrected chi connectivity index (χ0v) is 14.2. The molecule has 0 atom stereocenters. The molecule has 0 aliphatic heterocycles. The minimum atomic E-state index is -0.0671. The molecule has 0 fully saturated rings. The van der Waals surface area contributed by atoms with Crippen LogP contribution in [-0.4, -0.2) is 29.2 Å². The highest BCUT2D eigenvalue weighted by Crippen LogP contribution is 2.20. The molecular weight excluding hydrogens is 312 g/mol. The minimum absolute atomic E-state index is 0.0390. The van der Waals surface area contributed by atoms with Gasteiger partial charge >= 0.3 is 0 Å². The van der Waals surface area contributed by atoms with Crippen molar-refractivity contribution in [1.82, 2.24) is 10.3 Å². The van der Waals surface area contributed by atoms with Gasteiger partial charge in [-0.25, -0.2) is 4.98 Å². The van der Waals surface area contributed by atoms with Gasteiger partial charge in [0.25, 0.3) is 0 Å². The monoisotopic (exact) mass is 334 g/mol. The molecule has 0 bridgehead atoms. The van der Waals surface area contributed by atoms with E-state index in [2.05, 4.69) is 24.1 Å². The molecule has 1 amide bonds. The summed E-state index contributed by atoms with van der Waals surface area (Å²) in [5.74, 6) is 0.993. The molecule has 0 radical (unpaired) electrons. The highest BCUT2D eigenvalue weighted by Gasteiger charge is 2.10. The molecule has 0 aliphatic rings. The fourth-order valence-corrected chi connectivity index (χ4v) is 2.87. The largest absolute Gasteiger partial charge is 0.491 e. The van der Waals surface area contributed by atoms with Crippen molar-refractivity contribution < 1.29 is 14.6 Å². The Bertz CT molecular complexity index is 640. The van der Waals surface area contributed by atoms with Crippen molar-refractivity contribution in [2.75, 3.05) is 13.2 Å². The molecule has 0 saturated carbocycles. The van der Waals surface area contributed by atoms with Crippen molar-refractivity contribution in [3.05, 3.63) is 45.9 Å². The summed E-state index contributed by atoms with van der Waals surface area (Å²) >= 11 is 1.59. The molecule has 1 heterocycles. The van der Waals surface area contributed by atoms with Gasteiger partial charge in [-0.1, -0.05) is 32.0 Å². The summed E-state index contributed by atoms with van der Waals surface area (Å²) < 4.78 is 5.45. The summed E-state index contributed by atoms with van der Waals surface area (Å²) in [6, 6.07) is 7.47. The molecule has 0 spiro atoms. The van der Waals surface area contributed by atoms with Gasteiger partial charge in [0.2, 0.25) is 5.91 Å². The number of rotatable bonds is 8. The maximum Gasteiger partial charge on any atom is 0.226 e. The average molecular weight is 334 g/mol. The quantitative estimate of drug-likeness (QED) is 0.778. The van der Waals surface area contributed by atoms with Crippen molar-refractivity contribution in [2.24, 2.45) is 0 Å². The molecule has 0 aliphatic carbocycles. The lowest BCUT2D eigenvalue weighted by Crippen LogP contribution is -2.25. The van der Waals surface area contributed by atoms with Crippen LogP contribution < -0.4 is 10.1 Å². The van der Waals surface area contributed by atoms with Crippen LogP contribution >= 0.6 is 11.3 Å². The second kappa shape index (κ2) is 8.64. The average Bonchev–Trinajstić information content (AvgIpc) is 3.00. The lowest BCUT2D eigenvalue weighted by molar-refractivity contribution is -0.120. The van der Waals surface area contributed by atoms with Gasteiger partial charge < -0.3 is 15.2 Å². The van der Waals surface area contributed by atoms with E-state index < -0.39 is 0 Å². The van der Waals surface area contributed by atoms with Crippen LogP contribution in [0.1, 0.15) is 36.0 Å². The van der Waals surface area contributed by atoms with E-state index in [9.17, 15) is 4.79 Å². The number of nitrogens with one attached hydrogen (secondary N) is 1. The first-order valence-electron chi connectivity index (χ1n) is 7.62. The molecule has 1 aromatic carbocycles. The third-order valence-electron chi connectivity index (χ3n) is 3.20. The number of carbonyl (C=O) groups excluding carboxylic acids is 1. The predicted octanol–water partition coefficient (Wildman–Crippen LogP) is 2.50. The number of hydrogen-bond donors (Lipinski definition) is 2. The van der Waals surface area contributed by atoms with Gasteiger partial charge in [-0.15, -0.1) is 11.3 Å². The van der Waals surface area contributed by atoms with E-state index in [1.807, 2.05) is 29.6 Å². The predicted molar refractivity (Wildman–Crippen MR) is 90.8 cm³/mol. The highest BCUT2D eigenvalue weighted by atomic mass is 32.1. The van der Waals surface area contributed by atoms with E-state index in [1.54, 1.807) is 11.3 Å². The molecule has 2 aromatic rings. The summed E-state index contributed by atoms with van der Waals surface area (Å²) in [5.41, 5.74) is 1.69. The van der Waals surface area contributed by atoms with Crippen LogP contribution in [0.5, 0.6) is 5.75 Å². The van der Waals surface area contributed by atoms with Crippen LogP contribution in [0.15, 0.2) is 29.6 Å². The normalized spacial score (nSPS) is 10.8. The van der Waals surface area contributed by atoms with Gasteiger partial charge in [0.05, 0.1) is 23.7 Å². The maximum atomic E-state index is 12.1. The van der Waals surface area contributed by atoms with E-state index >= 15 is 0 Å². The van der Waals surface area contributed by atoms with Crippen molar-refractivity contribution in [3.8, 4) is 5.75 Å². The minimum Gasteiger partial charge on any atom is -0.491 e. The van der Waals surface area contributed by atoms with Crippen LogP contribution in [0.25, 0.3) is 0 Å². The van der Waals surface area contributed by atoms with Gasteiger partial charge in [-0.2, -0.15) is 0 Å². The SMILES string of the molecule is CC(C)c1nc(CC(=O)NCc2ccccc2OCCO)cs1. The number of carbonyl (C=O) groups is 1. The zero-order chi connectivity index (χ0) is 16.7. The summed E-state index contributed by atoms with van der Waals surface area (Å²) in [5, 5.41) is 14.7. The molecule has 2 rings (SSSR count). The number of aliphatic hydroxyl groups excluding tert-OH is 1. The third kappa shape index (κ3) is 5.33. The zero-order valence-electron chi connectivity index (χ0n) is 13.4. The van der Waals surface area contributed by atoms with E-state index in [-0.39, 0.29) is 25.5 Å². The fourth-order valence-electron chi connectivity index (χ4n) is 2.04. The van der Waals surface area contributed by atoms with Crippen molar-refractivity contribution in [3.63, 3.8) is 0 Å². The number of thiazole rings is 1. The van der Waals surface area contributed by atoms with Crippen molar-refractivity contribution in [1.29, 1.82) is 0 Å². The number of nitrogens with zero attached hydrogens (tertiary/aromatic N) is 1. The molecule has 6 heteroatoms. The lowest BCUT2D eigenvalue weighted by Gasteiger charge is -2.11. The Labute approximate surface area is 140 Å². The molecular formula is C17H22N2O3S. The Hall–Kier alpha value is -1.92. The standard InChI is InChI=1S/C17H22N2O3S/c1-12(2)17-19-14(11-23-17)9-16(21)18-10-13-5-3-4-6-15(13)22-8-7-20/h3-6,11-12,20H,7-10H2,1-2H3,(H,18,21). The number of hydrogen-bond acceptors (Lipinski definition) is 5. The number of para-hydroxylation sites is 1. The first-order valence-corrected chi connectivity index (χ1v) is 8.50. The van der Waals surface area contributed by atoms with Crippen molar-refractivity contribution in [2.45, 2.75) is 32.7 Å². The molecule has 1 aromatic heterocycles. The van der Waals surface area contributed by atoms with Gasteiger partial charge in [-0.3, -0.25) is 4.79 Å². The maximum absolute atomic E-state index is 12.1. The molecule has 0 saturated heterocycles. The summed E-state index contributed by atoms with van der Waals surface area (Å²) in [4.78, 5) is 16.5. The van der Waals surface area contributed by atoms with Crippen LogP contribution in [0.4, 0.5) is 0 Å². The lowest BCUT2D eigenvalue weighted by atomic mass is 10.2. The number of ether oxygens (including phenoxy) is 1. The molecule has 5 nitrogen and oxygen atoms in total. The number of benzene rings is 1. The van der Waals surface area contributed by atoms with E-state index in [0.29, 0.717) is 18.2 Å². The number of amides is 1. The van der Waals surface area contributed by atoms with E-state index in [0.717, 1.165) is 16.3 Å². The summed E-state index contributed by atoms with van der Waals surface area (Å²) in [6.07, 6.45) is 0.281. The first kappa shape index (κ1) is 17.4. The molecule has 2 N–H and O–H groups in total. The Kier molecular flexibility index (Phi) is 6.55. The van der Waals surface area contributed by atoms with Gasteiger partial charge in [0.1, 0.15) is 12.4 Å². The smallest absolute Gasteiger partial charge is 0.226 e. The summed E-state index contributed by atoms with van der Waals surface area (Å²) in [7, 11) is 0. The topological polar surface area (TPSA) is 71.5 Å². The Morgan fingerprint density at radius 1 is 1.39 bits per heavy atom.